The maximum atomic E-state index is 12.4. The Bertz CT molecular complexity index is 906. The van der Waals surface area contributed by atoms with Crippen LogP contribution in [0, 0.1) is 12.8 Å². The minimum Gasteiger partial charge on any atom is -0.464 e. The first-order chi connectivity index (χ1) is 19.0. The second kappa shape index (κ2) is 24.1. The largest absolute Gasteiger partial charge is 0.464 e. The second-order valence-electron chi connectivity index (χ2n) is 8.29. The molecule has 1 unspecified atom stereocenters. The number of benzene rings is 1. The van der Waals surface area contributed by atoms with Gasteiger partial charge in [-0.2, -0.15) is 30.8 Å². The molecule has 1 aromatic heterocycles. The maximum absolute atomic E-state index is 12.4. The van der Waals surface area contributed by atoms with Crippen LogP contribution in [0.25, 0.3) is 0 Å². The number of hydrogen-bond donors (Lipinski definition) is 5. The molecule has 0 aliphatic carbocycles. The standard InChI is InChI=1S/C16H26F3N5O2S.C7H9N.C3H8.C2H6/c1-3-11(7-26-13(25)6-20)4-5-21-14-12(8-27)10(2)23-15(24-14)22-9-16(17,18)19;1-8-7-5-3-2-4-6-7;1-3-2;1-2/h11,27H,3-9,20H2,1-2H3,(H2,21,22,23,24);2-6,8H,1H3;3H2,1-2H3;1-2H3. The minimum absolute atomic E-state index is 0.0956. The lowest BCUT2D eigenvalue weighted by molar-refractivity contribution is -0.143. The number of ether oxygens (including phenoxy) is 1. The lowest BCUT2D eigenvalue weighted by atomic mass is 10.0. The molecule has 0 saturated carbocycles. The molecule has 0 fully saturated rings. The fourth-order valence-electron chi connectivity index (χ4n) is 2.86. The zero-order valence-electron chi connectivity index (χ0n) is 25.0. The van der Waals surface area contributed by atoms with Gasteiger partial charge in [-0.1, -0.05) is 59.2 Å². The third-order valence-electron chi connectivity index (χ3n) is 4.95. The maximum Gasteiger partial charge on any atom is 0.405 e. The van der Waals surface area contributed by atoms with Crippen LogP contribution < -0.4 is 21.7 Å². The first-order valence-corrected chi connectivity index (χ1v) is 14.3. The van der Waals surface area contributed by atoms with Crippen molar-refractivity contribution in [1.82, 2.24) is 9.97 Å². The monoisotopic (exact) mass is 590 g/mol. The molecule has 0 amide bonds. The number of hydrogen-bond acceptors (Lipinski definition) is 9. The van der Waals surface area contributed by atoms with Gasteiger partial charge >= 0.3 is 12.1 Å². The van der Waals surface area contributed by atoms with Gasteiger partial charge in [-0.05, 0) is 37.8 Å². The number of thiol groups is 1. The summed E-state index contributed by atoms with van der Waals surface area (Å²) in [6, 6.07) is 10.1. The number of aryl methyl sites for hydroxylation is 1. The molecule has 0 saturated heterocycles. The van der Waals surface area contributed by atoms with E-state index in [-0.39, 0.29) is 25.0 Å². The molecule has 2 aromatic rings. The summed E-state index contributed by atoms with van der Waals surface area (Å²) in [5.74, 6) is 0.375. The lowest BCUT2D eigenvalue weighted by Gasteiger charge is -2.18. The van der Waals surface area contributed by atoms with Crippen molar-refractivity contribution in [2.75, 3.05) is 49.2 Å². The van der Waals surface area contributed by atoms with Crippen molar-refractivity contribution in [3.8, 4) is 0 Å². The summed E-state index contributed by atoms with van der Waals surface area (Å²) in [4.78, 5) is 19.3. The molecule has 0 spiro atoms. The van der Waals surface area contributed by atoms with Gasteiger partial charge in [0, 0.05) is 36.3 Å². The average molecular weight is 591 g/mol. The van der Waals surface area contributed by atoms with E-state index in [0.717, 1.165) is 17.7 Å². The van der Waals surface area contributed by atoms with E-state index in [2.05, 4.69) is 52.4 Å². The molecule has 12 heteroatoms. The van der Waals surface area contributed by atoms with Crippen molar-refractivity contribution in [2.24, 2.45) is 11.7 Å². The van der Waals surface area contributed by atoms with E-state index in [1.54, 1.807) is 6.92 Å². The Balaban J connectivity index is 0. The molecule has 5 N–H and O–H groups in total. The molecule has 1 heterocycles. The smallest absolute Gasteiger partial charge is 0.405 e. The summed E-state index contributed by atoms with van der Waals surface area (Å²) in [5, 5.41) is 8.33. The van der Waals surface area contributed by atoms with E-state index in [1.807, 2.05) is 58.2 Å². The number of nitrogens with zero attached hydrogens (tertiary/aromatic N) is 2. The number of anilines is 3. The highest BCUT2D eigenvalue weighted by atomic mass is 32.1. The highest BCUT2D eigenvalue weighted by Gasteiger charge is 2.27. The Hall–Kier alpha value is -2.73. The van der Waals surface area contributed by atoms with Gasteiger partial charge in [0.1, 0.15) is 12.4 Å². The number of carbonyl (C=O) groups excluding carboxylic acids is 1. The summed E-state index contributed by atoms with van der Waals surface area (Å²) >= 11 is 4.24. The Morgan fingerprint density at radius 2 is 1.70 bits per heavy atom. The van der Waals surface area contributed by atoms with Gasteiger partial charge in [-0.3, -0.25) is 4.79 Å². The number of halogens is 3. The van der Waals surface area contributed by atoms with Crippen LogP contribution in [0.1, 0.15) is 65.1 Å². The van der Waals surface area contributed by atoms with Crippen molar-refractivity contribution in [3.05, 3.63) is 41.6 Å². The van der Waals surface area contributed by atoms with Crippen molar-refractivity contribution in [2.45, 2.75) is 72.7 Å². The van der Waals surface area contributed by atoms with Crippen molar-refractivity contribution < 1.29 is 22.7 Å². The average Bonchev–Trinajstić information content (AvgIpc) is 2.95. The molecule has 0 radical (unpaired) electrons. The normalized spacial score (nSPS) is 10.8. The molecular weight excluding hydrogens is 541 g/mol. The van der Waals surface area contributed by atoms with Gasteiger partial charge < -0.3 is 26.4 Å². The molecule has 8 nitrogen and oxygen atoms in total. The fraction of sp³-hybridized carbons (Fsp3) is 0.607. The van der Waals surface area contributed by atoms with Gasteiger partial charge in [0.05, 0.1) is 13.2 Å². The predicted octanol–water partition coefficient (Wildman–Crippen LogP) is 6.69. The first-order valence-electron chi connectivity index (χ1n) is 13.7. The number of nitrogens with two attached hydrogens (primary N) is 1. The Morgan fingerprint density at radius 3 is 2.15 bits per heavy atom. The molecule has 1 atom stereocenters. The number of aromatic nitrogens is 2. The molecule has 230 valence electrons. The van der Waals surface area contributed by atoms with E-state index in [9.17, 15) is 18.0 Å². The molecule has 0 aliphatic rings. The van der Waals surface area contributed by atoms with Crippen LogP contribution in [-0.2, 0) is 15.3 Å². The topological polar surface area (TPSA) is 114 Å². The minimum atomic E-state index is -4.36. The fourth-order valence-corrected chi connectivity index (χ4v) is 3.24. The van der Waals surface area contributed by atoms with Crippen LogP contribution in [-0.4, -0.2) is 55.4 Å². The third kappa shape index (κ3) is 19.3. The number of para-hydroxylation sites is 1. The van der Waals surface area contributed by atoms with Crippen molar-refractivity contribution >= 4 is 36.1 Å². The summed E-state index contributed by atoms with van der Waals surface area (Å²) in [7, 11) is 1.91. The van der Waals surface area contributed by atoms with Crippen molar-refractivity contribution in [3.63, 3.8) is 0 Å². The van der Waals surface area contributed by atoms with E-state index < -0.39 is 18.7 Å². The predicted molar refractivity (Wildman–Crippen MR) is 164 cm³/mol. The van der Waals surface area contributed by atoms with E-state index in [0.29, 0.717) is 30.2 Å². The lowest BCUT2D eigenvalue weighted by Crippen LogP contribution is -2.23. The van der Waals surface area contributed by atoms with Gasteiger partial charge in [0.25, 0.3) is 0 Å². The number of nitrogens with one attached hydrogen (secondary N) is 3. The quantitative estimate of drug-likeness (QED) is 0.137. The molecule has 40 heavy (non-hydrogen) atoms. The SMILES string of the molecule is CC.CCC.CCC(CCNc1nc(NCC(F)(F)F)nc(C)c1CS)COC(=O)CN.CNc1ccccc1. The van der Waals surface area contributed by atoms with Gasteiger partial charge in [-0.15, -0.1) is 0 Å². The van der Waals surface area contributed by atoms with Crippen LogP contribution in [0.15, 0.2) is 30.3 Å². The van der Waals surface area contributed by atoms with Crippen LogP contribution in [0.3, 0.4) is 0 Å². The molecule has 0 bridgehead atoms. The Kier molecular flexibility index (Phi) is 23.7. The van der Waals surface area contributed by atoms with E-state index in [4.69, 9.17) is 10.5 Å². The first kappa shape index (κ1) is 39.4. The Morgan fingerprint density at radius 1 is 1.10 bits per heavy atom. The van der Waals surface area contributed by atoms with Gasteiger partial charge in [0.2, 0.25) is 5.95 Å². The van der Waals surface area contributed by atoms with Gasteiger partial charge in [-0.25, -0.2) is 4.98 Å². The van der Waals surface area contributed by atoms with Crippen LogP contribution >= 0.6 is 12.6 Å². The third-order valence-corrected chi connectivity index (χ3v) is 5.27. The summed E-state index contributed by atoms with van der Waals surface area (Å²) in [6.07, 6.45) is -1.61. The van der Waals surface area contributed by atoms with Crippen LogP contribution in [0.2, 0.25) is 0 Å². The molecule has 2 rings (SSSR count). The second-order valence-corrected chi connectivity index (χ2v) is 8.60. The number of carbonyl (C=O) groups is 1. The number of rotatable bonds is 12. The van der Waals surface area contributed by atoms with E-state index in [1.165, 1.54) is 6.42 Å². The van der Waals surface area contributed by atoms with Crippen LogP contribution in [0.5, 0.6) is 0 Å². The number of esters is 1. The highest BCUT2D eigenvalue weighted by molar-refractivity contribution is 7.79. The zero-order chi connectivity index (χ0) is 31.0. The van der Waals surface area contributed by atoms with E-state index >= 15 is 0 Å². The molecule has 1 aromatic carbocycles. The van der Waals surface area contributed by atoms with Crippen molar-refractivity contribution in [1.29, 1.82) is 0 Å². The molecule has 0 aliphatic heterocycles. The van der Waals surface area contributed by atoms with Gasteiger partial charge in [0.15, 0.2) is 0 Å². The summed E-state index contributed by atoms with van der Waals surface area (Å²) in [6.45, 7) is 11.3. The number of alkyl halides is 3. The summed E-state index contributed by atoms with van der Waals surface area (Å²) < 4.78 is 42.2. The highest BCUT2D eigenvalue weighted by Crippen LogP contribution is 2.22. The van der Waals surface area contributed by atoms with Crippen LogP contribution in [0.4, 0.5) is 30.6 Å². The summed E-state index contributed by atoms with van der Waals surface area (Å²) in [5.41, 5.74) is 7.64. The molecular formula is C28H49F3N6O2S. The Labute approximate surface area is 243 Å². The zero-order valence-corrected chi connectivity index (χ0v) is 25.9.